The number of carbonyl (C=O) groups excluding carboxylic acids is 1. The van der Waals surface area contributed by atoms with Gasteiger partial charge in [-0.1, -0.05) is 13.0 Å². The number of nitrogens with zero attached hydrogens (tertiary/aromatic N) is 3. The van der Waals surface area contributed by atoms with E-state index in [9.17, 15) is 4.79 Å². The van der Waals surface area contributed by atoms with E-state index in [0.717, 1.165) is 17.7 Å². The van der Waals surface area contributed by atoms with Crippen LogP contribution in [0.2, 0.25) is 0 Å². The van der Waals surface area contributed by atoms with Crippen LogP contribution in [0.15, 0.2) is 18.3 Å². The standard InChI is InChI=1S/C15H20N4O2/c1-4-11-7-6-8-17-12(11)9-19-10(3)18-13(14(19)16)15(20)21-5-2/h6-8H,4-5,9,16H2,1-3H3. The van der Waals surface area contributed by atoms with Crippen molar-refractivity contribution in [1.82, 2.24) is 14.5 Å². The highest BCUT2D eigenvalue weighted by Gasteiger charge is 2.20. The average Bonchev–Trinajstić information content (AvgIpc) is 2.76. The Kier molecular flexibility index (Phi) is 4.57. The van der Waals surface area contributed by atoms with E-state index in [-0.39, 0.29) is 5.69 Å². The highest BCUT2D eigenvalue weighted by molar-refractivity contribution is 5.92. The maximum atomic E-state index is 11.8. The first-order chi connectivity index (χ1) is 10.1. The van der Waals surface area contributed by atoms with Crippen LogP contribution in [0.4, 0.5) is 5.82 Å². The molecule has 0 aliphatic carbocycles. The van der Waals surface area contributed by atoms with Crippen molar-refractivity contribution in [2.75, 3.05) is 12.3 Å². The van der Waals surface area contributed by atoms with Gasteiger partial charge >= 0.3 is 5.97 Å². The van der Waals surface area contributed by atoms with E-state index in [0.29, 0.717) is 24.8 Å². The average molecular weight is 288 g/mol. The Bertz CT molecular complexity index is 649. The molecular formula is C15H20N4O2. The second-order valence-corrected chi connectivity index (χ2v) is 4.66. The van der Waals surface area contributed by atoms with Gasteiger partial charge in [-0.05, 0) is 31.9 Å². The number of imidazole rings is 1. The van der Waals surface area contributed by atoms with Crippen LogP contribution in [0, 0.1) is 6.92 Å². The summed E-state index contributed by atoms with van der Waals surface area (Å²) in [5, 5.41) is 0. The Labute approximate surface area is 124 Å². The van der Waals surface area contributed by atoms with Crippen molar-refractivity contribution in [3.05, 3.63) is 41.1 Å². The molecule has 0 spiro atoms. The minimum absolute atomic E-state index is 0.170. The van der Waals surface area contributed by atoms with Crippen LogP contribution in [0.1, 0.15) is 41.4 Å². The molecule has 2 aromatic rings. The highest BCUT2D eigenvalue weighted by atomic mass is 16.5. The largest absolute Gasteiger partial charge is 0.461 e. The lowest BCUT2D eigenvalue weighted by Crippen LogP contribution is -2.12. The highest BCUT2D eigenvalue weighted by Crippen LogP contribution is 2.18. The van der Waals surface area contributed by atoms with Gasteiger partial charge in [-0.25, -0.2) is 9.78 Å². The number of hydrogen-bond acceptors (Lipinski definition) is 5. The molecule has 0 fully saturated rings. The van der Waals surface area contributed by atoms with Gasteiger partial charge in [-0.3, -0.25) is 4.98 Å². The topological polar surface area (TPSA) is 83.0 Å². The van der Waals surface area contributed by atoms with E-state index in [1.54, 1.807) is 17.7 Å². The zero-order valence-electron chi connectivity index (χ0n) is 12.6. The monoisotopic (exact) mass is 288 g/mol. The summed E-state index contributed by atoms with van der Waals surface area (Å²) in [4.78, 5) is 20.4. The summed E-state index contributed by atoms with van der Waals surface area (Å²) in [5.41, 5.74) is 8.30. The SMILES string of the molecule is CCOC(=O)c1nc(C)n(Cc2ncccc2CC)c1N. The molecule has 0 bridgehead atoms. The van der Waals surface area contributed by atoms with Gasteiger partial charge < -0.3 is 15.0 Å². The Morgan fingerprint density at radius 1 is 1.43 bits per heavy atom. The van der Waals surface area contributed by atoms with E-state index >= 15 is 0 Å². The molecule has 0 radical (unpaired) electrons. The Morgan fingerprint density at radius 2 is 2.19 bits per heavy atom. The quantitative estimate of drug-likeness (QED) is 0.850. The molecule has 0 atom stereocenters. The van der Waals surface area contributed by atoms with Crippen LogP contribution >= 0.6 is 0 Å². The maximum Gasteiger partial charge on any atom is 0.360 e. The number of hydrogen-bond donors (Lipinski definition) is 1. The first-order valence-electron chi connectivity index (χ1n) is 7.00. The number of esters is 1. The fraction of sp³-hybridized carbons (Fsp3) is 0.400. The van der Waals surface area contributed by atoms with Crippen molar-refractivity contribution in [2.24, 2.45) is 0 Å². The number of aryl methyl sites for hydroxylation is 2. The van der Waals surface area contributed by atoms with Crippen molar-refractivity contribution >= 4 is 11.8 Å². The number of rotatable bonds is 5. The van der Waals surface area contributed by atoms with E-state index in [1.807, 2.05) is 19.1 Å². The molecule has 0 amide bonds. The molecule has 21 heavy (non-hydrogen) atoms. The van der Waals surface area contributed by atoms with Crippen molar-refractivity contribution in [2.45, 2.75) is 33.7 Å². The maximum absolute atomic E-state index is 11.8. The van der Waals surface area contributed by atoms with E-state index in [2.05, 4.69) is 16.9 Å². The molecule has 112 valence electrons. The molecule has 0 aromatic carbocycles. The summed E-state index contributed by atoms with van der Waals surface area (Å²) in [6.45, 7) is 6.43. The minimum Gasteiger partial charge on any atom is -0.461 e. The summed E-state index contributed by atoms with van der Waals surface area (Å²) in [6.07, 6.45) is 2.64. The third-order valence-electron chi connectivity index (χ3n) is 3.34. The van der Waals surface area contributed by atoms with Gasteiger partial charge in [-0.2, -0.15) is 0 Å². The van der Waals surface area contributed by atoms with Crippen LogP contribution in [0.3, 0.4) is 0 Å². The van der Waals surface area contributed by atoms with Gasteiger partial charge in [0.15, 0.2) is 5.69 Å². The minimum atomic E-state index is -0.492. The summed E-state index contributed by atoms with van der Waals surface area (Å²) >= 11 is 0. The molecular weight excluding hydrogens is 268 g/mol. The molecule has 2 aromatic heterocycles. The number of aromatic nitrogens is 3. The van der Waals surface area contributed by atoms with Gasteiger partial charge in [-0.15, -0.1) is 0 Å². The first-order valence-corrected chi connectivity index (χ1v) is 7.00. The lowest BCUT2D eigenvalue weighted by Gasteiger charge is -2.10. The number of nitrogen functional groups attached to an aromatic ring is 1. The second kappa shape index (κ2) is 6.39. The molecule has 6 nitrogen and oxygen atoms in total. The van der Waals surface area contributed by atoms with Crippen molar-refractivity contribution in [3.63, 3.8) is 0 Å². The lowest BCUT2D eigenvalue weighted by molar-refractivity contribution is 0.0521. The molecule has 0 aliphatic heterocycles. The molecule has 0 saturated carbocycles. The third-order valence-corrected chi connectivity index (χ3v) is 3.34. The number of pyridine rings is 1. The van der Waals surface area contributed by atoms with Crippen LogP contribution in [-0.4, -0.2) is 27.1 Å². The second-order valence-electron chi connectivity index (χ2n) is 4.66. The number of anilines is 1. The Hall–Kier alpha value is -2.37. The van der Waals surface area contributed by atoms with Gasteiger partial charge in [0, 0.05) is 6.20 Å². The fourth-order valence-electron chi connectivity index (χ4n) is 2.22. The molecule has 6 heteroatoms. The van der Waals surface area contributed by atoms with Crippen LogP contribution < -0.4 is 5.73 Å². The molecule has 2 N–H and O–H groups in total. The summed E-state index contributed by atoms with van der Waals surface area (Å²) in [6, 6.07) is 3.95. The predicted molar refractivity (Wildman–Crippen MR) is 80.0 cm³/mol. The molecule has 2 heterocycles. The number of nitrogens with two attached hydrogens (primary N) is 1. The van der Waals surface area contributed by atoms with Crippen molar-refractivity contribution in [3.8, 4) is 0 Å². The molecule has 0 unspecified atom stereocenters. The predicted octanol–water partition coefficient (Wildman–Crippen LogP) is 1.96. The van der Waals surface area contributed by atoms with E-state index in [1.165, 1.54) is 0 Å². The van der Waals surface area contributed by atoms with E-state index in [4.69, 9.17) is 10.5 Å². The smallest absolute Gasteiger partial charge is 0.360 e. The van der Waals surface area contributed by atoms with Gasteiger partial charge in [0.25, 0.3) is 0 Å². The molecule has 0 saturated heterocycles. The molecule has 0 aliphatic rings. The summed E-state index contributed by atoms with van der Waals surface area (Å²) < 4.78 is 6.75. The van der Waals surface area contributed by atoms with Crippen LogP contribution in [-0.2, 0) is 17.7 Å². The number of ether oxygens (including phenoxy) is 1. The normalized spacial score (nSPS) is 10.6. The summed E-state index contributed by atoms with van der Waals surface area (Å²) in [7, 11) is 0. The third kappa shape index (κ3) is 3.04. The van der Waals surface area contributed by atoms with Crippen molar-refractivity contribution in [1.29, 1.82) is 0 Å². The van der Waals surface area contributed by atoms with Crippen LogP contribution in [0.5, 0.6) is 0 Å². The van der Waals surface area contributed by atoms with Gasteiger partial charge in [0.2, 0.25) is 0 Å². The van der Waals surface area contributed by atoms with E-state index < -0.39 is 5.97 Å². The Morgan fingerprint density at radius 3 is 2.86 bits per heavy atom. The lowest BCUT2D eigenvalue weighted by atomic mass is 10.1. The first kappa shape index (κ1) is 15.0. The number of carbonyl (C=O) groups is 1. The van der Waals surface area contributed by atoms with Gasteiger partial charge in [0.05, 0.1) is 18.8 Å². The summed E-state index contributed by atoms with van der Waals surface area (Å²) in [5.74, 6) is 0.496. The fourth-order valence-corrected chi connectivity index (χ4v) is 2.22. The van der Waals surface area contributed by atoms with Crippen LogP contribution in [0.25, 0.3) is 0 Å². The molecule has 2 rings (SSSR count). The zero-order valence-corrected chi connectivity index (χ0v) is 12.6. The zero-order chi connectivity index (χ0) is 15.4. The van der Waals surface area contributed by atoms with Crippen molar-refractivity contribution < 1.29 is 9.53 Å². The van der Waals surface area contributed by atoms with Gasteiger partial charge in [0.1, 0.15) is 11.6 Å². The Balaban J connectivity index is 2.35.